The van der Waals surface area contributed by atoms with Gasteiger partial charge in [-0.3, -0.25) is 0 Å². The maximum atomic E-state index is 11.9. The average molecular weight is 284 g/mol. The fraction of sp³-hybridized carbons (Fsp3) is 1.00. The molecule has 1 N–H and O–H groups in total. The van der Waals surface area contributed by atoms with Gasteiger partial charge in [0, 0.05) is 13.7 Å². The Balaban J connectivity index is 2.29. The van der Waals surface area contributed by atoms with Gasteiger partial charge in [-0.05, 0) is 19.3 Å². The first-order chi connectivity index (χ1) is 8.06. The third-order valence-corrected chi connectivity index (χ3v) is 5.40. The molecular formula is C11H22ClNO3S. The molecular weight excluding hydrogens is 262 g/mol. The molecule has 0 aromatic rings. The van der Waals surface area contributed by atoms with Gasteiger partial charge in [0.25, 0.3) is 0 Å². The van der Waals surface area contributed by atoms with Crippen molar-refractivity contribution in [2.45, 2.75) is 49.2 Å². The lowest BCUT2D eigenvalue weighted by molar-refractivity contribution is 0.196. The van der Waals surface area contributed by atoms with Crippen molar-refractivity contribution in [2.75, 3.05) is 20.3 Å². The van der Waals surface area contributed by atoms with Crippen LogP contribution in [0.25, 0.3) is 0 Å². The zero-order chi connectivity index (χ0) is 12.7. The van der Waals surface area contributed by atoms with Gasteiger partial charge in [-0.25, -0.2) is 13.1 Å². The molecule has 0 aliphatic heterocycles. The lowest BCUT2D eigenvalue weighted by Crippen LogP contribution is -2.36. The van der Waals surface area contributed by atoms with E-state index in [9.17, 15) is 8.42 Å². The first kappa shape index (κ1) is 15.2. The third kappa shape index (κ3) is 5.55. The Morgan fingerprint density at radius 1 is 1.35 bits per heavy atom. The van der Waals surface area contributed by atoms with Crippen LogP contribution < -0.4 is 4.72 Å². The second-order valence-corrected chi connectivity index (χ2v) is 7.20. The zero-order valence-electron chi connectivity index (χ0n) is 10.3. The van der Waals surface area contributed by atoms with Crippen LogP contribution in [0.5, 0.6) is 0 Å². The second kappa shape index (κ2) is 7.56. The highest BCUT2D eigenvalue weighted by molar-refractivity contribution is 7.90. The molecule has 0 radical (unpaired) electrons. The van der Waals surface area contributed by atoms with Gasteiger partial charge in [0.1, 0.15) is 0 Å². The number of hydrogen-bond donors (Lipinski definition) is 1. The molecule has 0 saturated heterocycles. The van der Waals surface area contributed by atoms with Crippen LogP contribution >= 0.6 is 11.6 Å². The maximum Gasteiger partial charge on any atom is 0.214 e. The Bertz CT molecular complexity index is 302. The third-order valence-electron chi connectivity index (χ3n) is 3.10. The molecule has 4 nitrogen and oxygen atoms in total. The van der Waals surface area contributed by atoms with Gasteiger partial charge in [-0.1, -0.05) is 19.3 Å². The Hall–Kier alpha value is 0.160. The molecule has 1 saturated carbocycles. The molecule has 1 atom stereocenters. The van der Waals surface area contributed by atoms with Crippen LogP contribution in [0.1, 0.15) is 38.5 Å². The van der Waals surface area contributed by atoms with Crippen molar-refractivity contribution in [1.29, 1.82) is 0 Å². The zero-order valence-corrected chi connectivity index (χ0v) is 11.9. The number of alkyl halides is 1. The van der Waals surface area contributed by atoms with Crippen molar-refractivity contribution < 1.29 is 13.2 Å². The molecule has 0 aromatic heterocycles. The molecule has 0 aromatic carbocycles. The summed E-state index contributed by atoms with van der Waals surface area (Å²) < 4.78 is 31.4. The number of methoxy groups -OCH3 is 1. The monoisotopic (exact) mass is 283 g/mol. The maximum absolute atomic E-state index is 11.9. The van der Waals surface area contributed by atoms with Gasteiger partial charge in [-0.15, -0.1) is 11.6 Å². The highest BCUT2D eigenvalue weighted by Gasteiger charge is 2.26. The summed E-state index contributed by atoms with van der Waals surface area (Å²) in [6, 6.07) is 0. The summed E-state index contributed by atoms with van der Waals surface area (Å²) in [5.41, 5.74) is 0. The molecule has 0 heterocycles. The van der Waals surface area contributed by atoms with Crippen LogP contribution in [0, 0.1) is 0 Å². The van der Waals surface area contributed by atoms with E-state index in [0.29, 0.717) is 19.6 Å². The molecule has 17 heavy (non-hydrogen) atoms. The number of rotatable bonds is 7. The Morgan fingerprint density at radius 3 is 2.59 bits per heavy atom. The molecule has 1 aliphatic rings. The number of hydrogen-bond acceptors (Lipinski definition) is 3. The van der Waals surface area contributed by atoms with E-state index in [2.05, 4.69) is 4.72 Å². The first-order valence-corrected chi connectivity index (χ1v) is 8.16. The van der Waals surface area contributed by atoms with Crippen LogP contribution in [0.15, 0.2) is 0 Å². The Kier molecular flexibility index (Phi) is 6.77. The van der Waals surface area contributed by atoms with Crippen LogP contribution in [-0.4, -0.2) is 39.3 Å². The van der Waals surface area contributed by atoms with E-state index in [4.69, 9.17) is 16.3 Å². The van der Waals surface area contributed by atoms with Crippen LogP contribution in [0.4, 0.5) is 0 Å². The number of halogens is 1. The molecule has 1 fully saturated rings. The van der Waals surface area contributed by atoms with Crippen molar-refractivity contribution in [2.24, 2.45) is 0 Å². The van der Waals surface area contributed by atoms with Crippen molar-refractivity contribution in [1.82, 2.24) is 4.72 Å². The summed E-state index contributed by atoms with van der Waals surface area (Å²) in [6.07, 6.45) is 5.38. The summed E-state index contributed by atoms with van der Waals surface area (Å²) in [5, 5.41) is -0.332. The number of nitrogens with one attached hydrogen (secondary N) is 1. The van der Waals surface area contributed by atoms with E-state index in [-0.39, 0.29) is 10.6 Å². The average Bonchev–Trinajstić information content (AvgIpc) is 2.30. The number of sulfonamides is 1. The van der Waals surface area contributed by atoms with E-state index < -0.39 is 10.0 Å². The van der Waals surface area contributed by atoms with E-state index in [0.717, 1.165) is 32.1 Å². The fourth-order valence-corrected chi connectivity index (χ4v) is 3.94. The van der Waals surface area contributed by atoms with Gasteiger partial charge < -0.3 is 4.74 Å². The van der Waals surface area contributed by atoms with Crippen molar-refractivity contribution in [3.05, 3.63) is 0 Å². The highest BCUT2D eigenvalue weighted by atomic mass is 35.5. The first-order valence-electron chi connectivity index (χ1n) is 6.17. The van der Waals surface area contributed by atoms with Gasteiger partial charge in [0.05, 0.1) is 17.2 Å². The van der Waals surface area contributed by atoms with E-state index >= 15 is 0 Å². The van der Waals surface area contributed by atoms with Crippen molar-refractivity contribution in [3.8, 4) is 0 Å². The van der Waals surface area contributed by atoms with Crippen molar-refractivity contribution >= 4 is 21.6 Å². The molecule has 1 unspecified atom stereocenters. The topological polar surface area (TPSA) is 55.4 Å². The predicted molar refractivity (Wildman–Crippen MR) is 69.9 cm³/mol. The Morgan fingerprint density at radius 2 is 2.00 bits per heavy atom. The summed E-state index contributed by atoms with van der Waals surface area (Å²) >= 11 is 5.94. The molecule has 6 heteroatoms. The summed E-state index contributed by atoms with van der Waals surface area (Å²) in [6.45, 7) is 0.850. The highest BCUT2D eigenvalue weighted by Crippen LogP contribution is 2.22. The van der Waals surface area contributed by atoms with Gasteiger partial charge >= 0.3 is 0 Å². The van der Waals surface area contributed by atoms with Crippen LogP contribution in [0.3, 0.4) is 0 Å². The number of ether oxygens (including phenoxy) is 1. The molecule has 0 spiro atoms. The van der Waals surface area contributed by atoms with E-state index in [1.165, 1.54) is 0 Å². The molecule has 1 rings (SSSR count). The minimum Gasteiger partial charge on any atom is -0.383 e. The molecule has 0 amide bonds. The Labute approximate surface area is 109 Å². The van der Waals surface area contributed by atoms with Gasteiger partial charge in [0.15, 0.2) is 0 Å². The molecule has 0 bridgehead atoms. The minimum atomic E-state index is -3.14. The summed E-state index contributed by atoms with van der Waals surface area (Å²) in [7, 11) is -1.56. The normalized spacial score (nSPS) is 20.4. The van der Waals surface area contributed by atoms with Crippen LogP contribution in [0.2, 0.25) is 0 Å². The second-order valence-electron chi connectivity index (χ2n) is 4.54. The van der Waals surface area contributed by atoms with Gasteiger partial charge in [0.2, 0.25) is 10.0 Å². The molecule has 102 valence electrons. The summed E-state index contributed by atoms with van der Waals surface area (Å²) in [5.74, 6) is 0. The quantitative estimate of drug-likeness (QED) is 0.726. The standard InChI is InChI=1S/C11H22ClNO3S/c1-16-9-10(12)7-8-13-17(14,15)11-5-3-2-4-6-11/h10-11,13H,2-9H2,1H3. The SMILES string of the molecule is COCC(Cl)CCNS(=O)(=O)C1CCCCC1. The van der Waals surface area contributed by atoms with E-state index in [1.54, 1.807) is 7.11 Å². The smallest absolute Gasteiger partial charge is 0.214 e. The minimum absolute atomic E-state index is 0.131. The van der Waals surface area contributed by atoms with Crippen LogP contribution in [-0.2, 0) is 14.8 Å². The molecule has 1 aliphatic carbocycles. The predicted octanol–water partition coefficient (Wildman–Crippen LogP) is 1.88. The largest absolute Gasteiger partial charge is 0.383 e. The van der Waals surface area contributed by atoms with Gasteiger partial charge in [-0.2, -0.15) is 0 Å². The summed E-state index contributed by atoms with van der Waals surface area (Å²) in [4.78, 5) is 0. The van der Waals surface area contributed by atoms with Crippen molar-refractivity contribution in [3.63, 3.8) is 0 Å². The fourth-order valence-electron chi connectivity index (χ4n) is 2.12. The lowest BCUT2D eigenvalue weighted by Gasteiger charge is -2.22. The lowest BCUT2D eigenvalue weighted by atomic mass is 10.0. The van der Waals surface area contributed by atoms with E-state index in [1.807, 2.05) is 0 Å².